The quantitative estimate of drug-likeness (QED) is 0.685. The van der Waals surface area contributed by atoms with E-state index >= 15 is 0 Å². The van der Waals surface area contributed by atoms with Gasteiger partial charge in [0.05, 0.1) is 18.3 Å². The molecule has 22 heavy (non-hydrogen) atoms. The number of carbonyl (C=O) groups excluding carboxylic acids is 2. The summed E-state index contributed by atoms with van der Waals surface area (Å²) in [4.78, 5) is 26.2. The van der Waals surface area contributed by atoms with E-state index in [0.29, 0.717) is 23.4 Å². The van der Waals surface area contributed by atoms with E-state index < -0.39 is 5.97 Å². The van der Waals surface area contributed by atoms with Gasteiger partial charge < -0.3 is 14.7 Å². The first kappa shape index (κ1) is 15.8. The molecule has 1 aliphatic heterocycles. The second-order valence-corrected chi connectivity index (χ2v) is 5.06. The van der Waals surface area contributed by atoms with Gasteiger partial charge in [-0.3, -0.25) is 4.79 Å². The molecule has 0 fully saturated rings. The molecular weight excluding hydrogens is 282 g/mol. The van der Waals surface area contributed by atoms with Crippen LogP contribution in [0.3, 0.4) is 0 Å². The Morgan fingerprint density at radius 2 is 2.14 bits per heavy atom. The van der Waals surface area contributed by atoms with Crippen LogP contribution >= 0.6 is 0 Å². The first-order chi connectivity index (χ1) is 10.5. The second-order valence-electron chi connectivity index (χ2n) is 5.06. The van der Waals surface area contributed by atoms with Crippen molar-refractivity contribution in [3.8, 4) is 5.75 Å². The van der Waals surface area contributed by atoms with Crippen LogP contribution in [-0.2, 0) is 14.3 Å². The first-order valence-electron chi connectivity index (χ1n) is 7.11. The number of nitrogens with zero attached hydrogens (tertiary/aromatic N) is 1. The number of hydrogen-bond donors (Lipinski definition) is 1. The Morgan fingerprint density at radius 1 is 1.41 bits per heavy atom. The summed E-state index contributed by atoms with van der Waals surface area (Å²) in [6.07, 6.45) is 2.39. The number of carbonyl (C=O) groups is 2. The summed E-state index contributed by atoms with van der Waals surface area (Å²) in [5.41, 5.74) is 1.83. The zero-order chi connectivity index (χ0) is 16.3. The third kappa shape index (κ3) is 2.88. The zero-order valence-corrected chi connectivity index (χ0v) is 12.9. The van der Waals surface area contributed by atoms with Crippen LogP contribution in [0, 0.1) is 0 Å². The molecule has 0 aromatic heterocycles. The maximum absolute atomic E-state index is 12.6. The molecule has 1 amide bonds. The number of amides is 1. The summed E-state index contributed by atoms with van der Waals surface area (Å²) in [5.74, 6) is -0.649. The fourth-order valence-corrected chi connectivity index (χ4v) is 2.50. The number of rotatable bonds is 4. The summed E-state index contributed by atoms with van der Waals surface area (Å²) < 4.78 is 4.81. The van der Waals surface area contributed by atoms with E-state index in [1.165, 1.54) is 13.2 Å². The monoisotopic (exact) mass is 301 g/mol. The lowest BCUT2D eigenvalue weighted by Crippen LogP contribution is -2.25. The molecule has 0 saturated heterocycles. The van der Waals surface area contributed by atoms with Crippen molar-refractivity contribution < 1.29 is 19.4 Å². The van der Waals surface area contributed by atoms with Crippen molar-refractivity contribution in [3.63, 3.8) is 0 Å². The topological polar surface area (TPSA) is 66.8 Å². The highest BCUT2D eigenvalue weighted by Gasteiger charge is 2.36. The molecule has 1 aromatic carbocycles. The number of aromatic hydroxyl groups is 1. The fraction of sp³-hybridized carbons (Fsp3) is 0.294. The lowest BCUT2D eigenvalue weighted by molar-refractivity contribution is -0.136. The minimum Gasteiger partial charge on any atom is -0.508 e. The smallest absolute Gasteiger partial charge is 0.340 e. The van der Waals surface area contributed by atoms with Gasteiger partial charge in [0.1, 0.15) is 5.75 Å². The molecule has 0 saturated carbocycles. The largest absolute Gasteiger partial charge is 0.508 e. The standard InChI is InChI=1S/C17H19NO4/c1-4-8-18-11(2)15(17(21)22-3)14(16(18)20)10-12-6-5-7-13(19)9-12/h5-7,9-10,19H,4,8H2,1-3H3/b14-10-. The van der Waals surface area contributed by atoms with E-state index in [9.17, 15) is 14.7 Å². The molecule has 1 N–H and O–H groups in total. The molecule has 0 aliphatic carbocycles. The summed E-state index contributed by atoms with van der Waals surface area (Å²) >= 11 is 0. The van der Waals surface area contributed by atoms with Gasteiger partial charge in [-0.05, 0) is 37.1 Å². The fourth-order valence-electron chi connectivity index (χ4n) is 2.50. The molecule has 0 radical (unpaired) electrons. The number of phenols is 1. The van der Waals surface area contributed by atoms with Crippen LogP contribution in [0.4, 0.5) is 0 Å². The van der Waals surface area contributed by atoms with Gasteiger partial charge in [0, 0.05) is 12.2 Å². The molecule has 1 aromatic rings. The number of benzene rings is 1. The molecule has 1 aliphatic rings. The Hall–Kier alpha value is -2.56. The molecule has 0 spiro atoms. The summed E-state index contributed by atoms with van der Waals surface area (Å²) in [7, 11) is 1.29. The van der Waals surface area contributed by atoms with Gasteiger partial charge in [0.15, 0.2) is 0 Å². The van der Waals surface area contributed by atoms with Gasteiger partial charge in [-0.1, -0.05) is 19.1 Å². The number of hydrogen-bond acceptors (Lipinski definition) is 4. The Balaban J connectivity index is 2.52. The van der Waals surface area contributed by atoms with Gasteiger partial charge in [-0.2, -0.15) is 0 Å². The van der Waals surface area contributed by atoms with Gasteiger partial charge in [0.2, 0.25) is 0 Å². The number of esters is 1. The van der Waals surface area contributed by atoms with Crippen LogP contribution in [-0.4, -0.2) is 35.5 Å². The second kappa shape index (κ2) is 6.47. The van der Waals surface area contributed by atoms with E-state index in [2.05, 4.69) is 0 Å². The molecular formula is C17H19NO4. The van der Waals surface area contributed by atoms with Gasteiger partial charge in [-0.25, -0.2) is 4.79 Å². The minimum absolute atomic E-state index is 0.102. The van der Waals surface area contributed by atoms with Crippen LogP contribution in [0.5, 0.6) is 5.75 Å². The third-order valence-corrected chi connectivity index (χ3v) is 3.53. The minimum atomic E-state index is -0.532. The van der Waals surface area contributed by atoms with Crippen molar-refractivity contribution in [1.29, 1.82) is 0 Å². The molecule has 5 nitrogen and oxygen atoms in total. The van der Waals surface area contributed by atoms with Crippen LogP contribution < -0.4 is 0 Å². The molecule has 5 heteroatoms. The molecule has 2 rings (SSSR count). The van der Waals surface area contributed by atoms with Gasteiger partial charge in [-0.15, -0.1) is 0 Å². The SMILES string of the molecule is CCCN1C(=O)/C(=C\c2cccc(O)c2)C(C(=O)OC)=C1C. The maximum atomic E-state index is 12.6. The third-order valence-electron chi connectivity index (χ3n) is 3.53. The summed E-state index contributed by atoms with van der Waals surface area (Å²) in [6.45, 7) is 4.25. The van der Waals surface area contributed by atoms with Crippen LogP contribution in [0.1, 0.15) is 25.8 Å². The van der Waals surface area contributed by atoms with E-state index in [1.54, 1.807) is 36.1 Å². The highest BCUT2D eigenvalue weighted by molar-refractivity contribution is 6.16. The molecule has 0 atom stereocenters. The Morgan fingerprint density at radius 3 is 2.73 bits per heavy atom. The predicted molar refractivity (Wildman–Crippen MR) is 82.8 cm³/mol. The van der Waals surface area contributed by atoms with Gasteiger partial charge in [0.25, 0.3) is 5.91 Å². The van der Waals surface area contributed by atoms with Crippen LogP contribution in [0.2, 0.25) is 0 Å². The van der Waals surface area contributed by atoms with Crippen molar-refractivity contribution in [3.05, 3.63) is 46.7 Å². The summed E-state index contributed by atoms with van der Waals surface area (Å²) in [6, 6.07) is 6.52. The maximum Gasteiger partial charge on any atom is 0.340 e. The number of phenolic OH excluding ortho intramolecular Hbond substituents is 1. The number of methoxy groups -OCH3 is 1. The lowest BCUT2D eigenvalue weighted by atomic mass is 10.0. The molecule has 116 valence electrons. The highest BCUT2D eigenvalue weighted by Crippen LogP contribution is 2.32. The summed E-state index contributed by atoms with van der Waals surface area (Å²) in [5, 5.41) is 9.53. The van der Waals surface area contributed by atoms with E-state index in [1.807, 2.05) is 6.92 Å². The predicted octanol–water partition coefficient (Wildman–Crippen LogP) is 2.47. The van der Waals surface area contributed by atoms with Gasteiger partial charge >= 0.3 is 5.97 Å². The van der Waals surface area contributed by atoms with Crippen molar-refractivity contribution in [2.45, 2.75) is 20.3 Å². The highest BCUT2D eigenvalue weighted by atomic mass is 16.5. The average Bonchev–Trinajstić information content (AvgIpc) is 2.72. The van der Waals surface area contributed by atoms with E-state index in [0.717, 1.165) is 6.42 Å². The number of ether oxygens (including phenoxy) is 1. The first-order valence-corrected chi connectivity index (χ1v) is 7.11. The molecule has 1 heterocycles. The zero-order valence-electron chi connectivity index (χ0n) is 12.9. The normalized spacial score (nSPS) is 16.6. The number of allylic oxidation sites excluding steroid dienone is 1. The average molecular weight is 301 g/mol. The Kier molecular flexibility index (Phi) is 4.65. The Labute approximate surface area is 129 Å². The van der Waals surface area contributed by atoms with Crippen LogP contribution in [0.15, 0.2) is 41.1 Å². The van der Waals surface area contributed by atoms with Crippen molar-refractivity contribution in [1.82, 2.24) is 4.90 Å². The molecule has 0 unspecified atom stereocenters. The van der Waals surface area contributed by atoms with Crippen LogP contribution in [0.25, 0.3) is 6.08 Å². The lowest BCUT2D eigenvalue weighted by Gasteiger charge is -2.16. The van der Waals surface area contributed by atoms with Crippen molar-refractivity contribution in [2.24, 2.45) is 0 Å². The Bertz CT molecular complexity index is 673. The van der Waals surface area contributed by atoms with Crippen molar-refractivity contribution >= 4 is 18.0 Å². The van der Waals surface area contributed by atoms with E-state index in [4.69, 9.17) is 4.74 Å². The molecule has 0 bridgehead atoms. The van der Waals surface area contributed by atoms with E-state index in [-0.39, 0.29) is 17.2 Å². The van der Waals surface area contributed by atoms with Crippen molar-refractivity contribution in [2.75, 3.05) is 13.7 Å².